The van der Waals surface area contributed by atoms with Gasteiger partial charge in [-0.3, -0.25) is 14.5 Å². The van der Waals surface area contributed by atoms with Crippen LogP contribution in [0.5, 0.6) is 0 Å². The normalized spacial score (nSPS) is 22.2. The Morgan fingerprint density at radius 3 is 2.50 bits per heavy atom. The second-order valence-electron chi connectivity index (χ2n) is 4.81. The predicted octanol–water partition coefficient (Wildman–Crippen LogP) is -0.0957. The van der Waals surface area contributed by atoms with Crippen LogP contribution in [0.15, 0.2) is 0 Å². The van der Waals surface area contributed by atoms with Crippen molar-refractivity contribution in [2.45, 2.75) is 25.4 Å². The number of hydrogen-bond acceptors (Lipinski definition) is 4. The molecule has 0 saturated carbocycles. The summed E-state index contributed by atoms with van der Waals surface area (Å²) in [6, 6.07) is 0. The SMILES string of the molecule is CC(=O)N1CCC2(CC1)CN(CC(=O)O)C(=O)O2. The minimum absolute atomic E-state index is 0.0107. The van der Waals surface area contributed by atoms with E-state index in [0.717, 1.165) is 0 Å². The van der Waals surface area contributed by atoms with Gasteiger partial charge in [0.15, 0.2) is 0 Å². The number of carbonyl (C=O) groups is 3. The summed E-state index contributed by atoms with van der Waals surface area (Å²) in [5.41, 5.74) is -0.613. The van der Waals surface area contributed by atoms with E-state index in [1.807, 2.05) is 0 Å². The Morgan fingerprint density at radius 1 is 1.39 bits per heavy atom. The molecular weight excluding hydrogens is 240 g/mol. The van der Waals surface area contributed by atoms with E-state index >= 15 is 0 Å². The molecule has 2 saturated heterocycles. The van der Waals surface area contributed by atoms with Crippen LogP contribution in [0.1, 0.15) is 19.8 Å². The fraction of sp³-hybridized carbons (Fsp3) is 0.727. The zero-order valence-electron chi connectivity index (χ0n) is 10.2. The van der Waals surface area contributed by atoms with Crippen molar-refractivity contribution in [1.82, 2.24) is 9.80 Å². The number of carboxylic acids is 1. The highest BCUT2D eigenvalue weighted by Crippen LogP contribution is 2.33. The molecule has 2 rings (SSSR count). The summed E-state index contributed by atoms with van der Waals surface area (Å²) in [6.07, 6.45) is 0.553. The average molecular weight is 256 g/mol. The molecule has 100 valence electrons. The van der Waals surface area contributed by atoms with Crippen LogP contribution < -0.4 is 0 Å². The number of carboxylic acid groups (broad SMARTS) is 1. The van der Waals surface area contributed by atoms with Gasteiger partial charge in [0.25, 0.3) is 0 Å². The van der Waals surface area contributed by atoms with Crippen LogP contribution in [0, 0.1) is 0 Å². The van der Waals surface area contributed by atoms with Crippen LogP contribution in [-0.4, -0.2) is 64.7 Å². The first-order chi connectivity index (χ1) is 8.42. The van der Waals surface area contributed by atoms with Gasteiger partial charge in [0.2, 0.25) is 5.91 Å². The summed E-state index contributed by atoms with van der Waals surface area (Å²) in [5.74, 6) is -1.04. The van der Waals surface area contributed by atoms with Crippen molar-refractivity contribution >= 4 is 18.0 Å². The first-order valence-electron chi connectivity index (χ1n) is 5.87. The predicted molar refractivity (Wildman–Crippen MR) is 59.9 cm³/mol. The van der Waals surface area contributed by atoms with E-state index in [0.29, 0.717) is 32.5 Å². The lowest BCUT2D eigenvalue weighted by atomic mass is 9.91. The molecule has 0 aromatic carbocycles. The molecule has 2 fully saturated rings. The Balaban J connectivity index is 1.97. The Kier molecular flexibility index (Phi) is 3.14. The molecule has 2 amide bonds. The van der Waals surface area contributed by atoms with Crippen LogP contribution in [0.4, 0.5) is 4.79 Å². The molecule has 2 aliphatic rings. The minimum atomic E-state index is -1.05. The van der Waals surface area contributed by atoms with E-state index in [1.165, 1.54) is 11.8 Å². The number of hydrogen-bond donors (Lipinski definition) is 1. The van der Waals surface area contributed by atoms with Crippen LogP contribution in [0.25, 0.3) is 0 Å². The monoisotopic (exact) mass is 256 g/mol. The Morgan fingerprint density at radius 2 is 2.00 bits per heavy atom. The summed E-state index contributed by atoms with van der Waals surface area (Å²) in [7, 11) is 0. The second kappa shape index (κ2) is 4.47. The molecule has 0 aromatic heterocycles. The lowest BCUT2D eigenvalue weighted by Gasteiger charge is -2.36. The average Bonchev–Trinajstić information content (AvgIpc) is 2.55. The molecular formula is C11H16N2O5. The third-order valence-corrected chi connectivity index (χ3v) is 3.49. The molecule has 18 heavy (non-hydrogen) atoms. The van der Waals surface area contributed by atoms with Gasteiger partial charge in [-0.25, -0.2) is 4.79 Å². The van der Waals surface area contributed by atoms with Gasteiger partial charge in [0, 0.05) is 32.9 Å². The van der Waals surface area contributed by atoms with Crippen LogP contribution >= 0.6 is 0 Å². The number of piperidine rings is 1. The summed E-state index contributed by atoms with van der Waals surface area (Å²) < 4.78 is 5.32. The molecule has 2 heterocycles. The van der Waals surface area contributed by atoms with Gasteiger partial charge in [0.1, 0.15) is 12.1 Å². The van der Waals surface area contributed by atoms with Gasteiger partial charge in [0.05, 0.1) is 6.54 Å². The number of likely N-dealkylation sites (tertiary alicyclic amines) is 1. The van der Waals surface area contributed by atoms with Crippen molar-refractivity contribution in [3.05, 3.63) is 0 Å². The summed E-state index contributed by atoms with van der Waals surface area (Å²) >= 11 is 0. The lowest BCUT2D eigenvalue weighted by molar-refractivity contribution is -0.137. The molecule has 1 spiro atoms. The molecule has 0 atom stereocenters. The van der Waals surface area contributed by atoms with Gasteiger partial charge in [-0.1, -0.05) is 0 Å². The highest BCUT2D eigenvalue weighted by molar-refractivity contribution is 5.78. The maximum atomic E-state index is 11.6. The number of ether oxygens (including phenoxy) is 1. The number of carbonyl (C=O) groups excluding carboxylic acids is 2. The van der Waals surface area contributed by atoms with Gasteiger partial charge < -0.3 is 14.7 Å². The van der Waals surface area contributed by atoms with Gasteiger partial charge in [-0.2, -0.15) is 0 Å². The lowest BCUT2D eigenvalue weighted by Crippen LogP contribution is -2.48. The van der Waals surface area contributed by atoms with Crippen molar-refractivity contribution in [3.63, 3.8) is 0 Å². The largest absolute Gasteiger partial charge is 0.480 e. The third-order valence-electron chi connectivity index (χ3n) is 3.49. The second-order valence-corrected chi connectivity index (χ2v) is 4.81. The fourth-order valence-corrected chi connectivity index (χ4v) is 2.47. The Bertz CT molecular complexity index is 387. The van der Waals surface area contributed by atoms with Gasteiger partial charge >= 0.3 is 12.1 Å². The van der Waals surface area contributed by atoms with E-state index in [-0.39, 0.29) is 12.5 Å². The van der Waals surface area contributed by atoms with E-state index < -0.39 is 17.7 Å². The topological polar surface area (TPSA) is 87.2 Å². The zero-order chi connectivity index (χ0) is 13.3. The van der Waals surface area contributed by atoms with Crippen LogP contribution in [0.3, 0.4) is 0 Å². The molecule has 7 nitrogen and oxygen atoms in total. The Labute approximate surface area is 104 Å². The first kappa shape index (κ1) is 12.7. The maximum Gasteiger partial charge on any atom is 0.411 e. The van der Waals surface area contributed by atoms with E-state index in [2.05, 4.69) is 0 Å². The van der Waals surface area contributed by atoms with Crippen molar-refractivity contribution < 1.29 is 24.2 Å². The summed E-state index contributed by atoms with van der Waals surface area (Å²) in [6.45, 7) is 2.56. The van der Waals surface area contributed by atoms with Crippen molar-refractivity contribution in [2.24, 2.45) is 0 Å². The van der Waals surface area contributed by atoms with Crippen molar-refractivity contribution in [3.8, 4) is 0 Å². The molecule has 7 heteroatoms. The molecule has 0 unspecified atom stereocenters. The molecule has 0 radical (unpaired) electrons. The standard InChI is InChI=1S/C11H16N2O5/c1-8(14)12-4-2-11(3-5-12)7-13(6-9(15)16)10(17)18-11/h2-7H2,1H3,(H,15,16). The molecule has 0 aliphatic carbocycles. The number of aliphatic carboxylic acids is 1. The first-order valence-corrected chi connectivity index (χ1v) is 5.87. The van der Waals surface area contributed by atoms with E-state index in [9.17, 15) is 14.4 Å². The van der Waals surface area contributed by atoms with Crippen molar-refractivity contribution in [1.29, 1.82) is 0 Å². The van der Waals surface area contributed by atoms with Crippen LogP contribution in [0.2, 0.25) is 0 Å². The fourth-order valence-electron chi connectivity index (χ4n) is 2.47. The molecule has 0 bridgehead atoms. The summed E-state index contributed by atoms with van der Waals surface area (Å²) in [5, 5.41) is 8.69. The number of amides is 2. The highest BCUT2D eigenvalue weighted by Gasteiger charge is 2.47. The molecule has 1 N–H and O–H groups in total. The van der Waals surface area contributed by atoms with Crippen LogP contribution in [-0.2, 0) is 14.3 Å². The van der Waals surface area contributed by atoms with E-state index in [4.69, 9.17) is 9.84 Å². The molecule has 0 aromatic rings. The zero-order valence-corrected chi connectivity index (χ0v) is 10.2. The third kappa shape index (κ3) is 2.39. The number of nitrogens with zero attached hydrogens (tertiary/aromatic N) is 2. The Hall–Kier alpha value is -1.79. The quantitative estimate of drug-likeness (QED) is 0.745. The smallest absolute Gasteiger partial charge is 0.411 e. The summed E-state index contributed by atoms with van der Waals surface area (Å²) in [4.78, 5) is 36.3. The highest BCUT2D eigenvalue weighted by atomic mass is 16.6. The number of rotatable bonds is 2. The maximum absolute atomic E-state index is 11.6. The molecule has 2 aliphatic heterocycles. The van der Waals surface area contributed by atoms with Crippen molar-refractivity contribution in [2.75, 3.05) is 26.2 Å². The van der Waals surface area contributed by atoms with Gasteiger partial charge in [-0.15, -0.1) is 0 Å². The van der Waals surface area contributed by atoms with Gasteiger partial charge in [-0.05, 0) is 0 Å². The minimum Gasteiger partial charge on any atom is -0.480 e. The van der Waals surface area contributed by atoms with E-state index in [1.54, 1.807) is 4.90 Å².